The summed E-state index contributed by atoms with van der Waals surface area (Å²) in [5, 5.41) is 3.02. The van der Waals surface area contributed by atoms with Gasteiger partial charge in [-0.2, -0.15) is 0 Å². The average Bonchev–Trinajstić information content (AvgIpc) is 2.28. The van der Waals surface area contributed by atoms with Crippen molar-refractivity contribution in [3.8, 4) is 0 Å². The quantitative estimate of drug-likeness (QED) is 0.806. The summed E-state index contributed by atoms with van der Waals surface area (Å²) in [6, 6.07) is 0. The van der Waals surface area contributed by atoms with Gasteiger partial charge in [0.05, 0.1) is 25.1 Å². The lowest BCUT2D eigenvalue weighted by Crippen LogP contribution is -2.43. The van der Waals surface area contributed by atoms with Crippen LogP contribution in [0.25, 0.3) is 0 Å². The number of nitrogens with zero attached hydrogens (tertiary/aromatic N) is 3. The first kappa shape index (κ1) is 11.2. The zero-order valence-corrected chi connectivity index (χ0v) is 9.19. The van der Waals surface area contributed by atoms with E-state index >= 15 is 0 Å². The number of hydrogen-bond acceptors (Lipinski definition) is 5. The lowest BCUT2D eigenvalue weighted by molar-refractivity contribution is -0.0117. The van der Waals surface area contributed by atoms with E-state index in [2.05, 4.69) is 27.2 Å². The van der Waals surface area contributed by atoms with Gasteiger partial charge >= 0.3 is 0 Å². The number of morpholine rings is 1. The van der Waals surface area contributed by atoms with Crippen LogP contribution in [0.15, 0.2) is 12.4 Å². The monoisotopic (exact) mass is 226 g/mol. The third-order valence-corrected chi connectivity index (χ3v) is 2.45. The molecule has 0 spiro atoms. The van der Waals surface area contributed by atoms with Gasteiger partial charge in [0.25, 0.3) is 0 Å². The highest BCUT2D eigenvalue weighted by atomic mass is 19.1. The third-order valence-electron chi connectivity index (χ3n) is 2.45. The molecule has 2 rings (SSSR count). The summed E-state index contributed by atoms with van der Waals surface area (Å²) in [7, 11) is 2.06. The van der Waals surface area contributed by atoms with Crippen molar-refractivity contribution >= 4 is 5.95 Å². The number of hydrogen-bond donors (Lipinski definition) is 1. The number of aromatic nitrogens is 2. The van der Waals surface area contributed by atoms with Crippen LogP contribution in [0.1, 0.15) is 0 Å². The maximum atomic E-state index is 12.5. The third kappa shape index (κ3) is 3.11. The van der Waals surface area contributed by atoms with E-state index in [0.29, 0.717) is 12.5 Å². The van der Waals surface area contributed by atoms with Gasteiger partial charge in [0.1, 0.15) is 0 Å². The molecule has 0 radical (unpaired) electrons. The van der Waals surface area contributed by atoms with Gasteiger partial charge in [0.2, 0.25) is 5.95 Å². The van der Waals surface area contributed by atoms with Gasteiger partial charge in [-0.25, -0.2) is 14.4 Å². The molecule has 0 saturated carbocycles. The van der Waals surface area contributed by atoms with Gasteiger partial charge in [-0.1, -0.05) is 0 Å². The summed E-state index contributed by atoms with van der Waals surface area (Å²) in [5.41, 5.74) is 0. The van der Waals surface area contributed by atoms with Crippen molar-refractivity contribution in [3.63, 3.8) is 0 Å². The van der Waals surface area contributed by atoms with E-state index < -0.39 is 5.82 Å². The summed E-state index contributed by atoms with van der Waals surface area (Å²) in [6.45, 7) is 3.22. The van der Waals surface area contributed by atoms with E-state index in [1.165, 1.54) is 0 Å². The van der Waals surface area contributed by atoms with E-state index in [9.17, 15) is 4.39 Å². The summed E-state index contributed by atoms with van der Waals surface area (Å²) >= 11 is 0. The number of halogens is 1. The Morgan fingerprint density at radius 2 is 2.31 bits per heavy atom. The molecule has 1 N–H and O–H groups in total. The standard InChI is InChI=1S/C10H15FN4O/c1-15-2-3-16-9(7-15)6-14-10-12-4-8(11)5-13-10/h4-5,9H,2-3,6-7H2,1H3,(H,12,13,14)/t9-/m0/s1. The molecule has 0 bridgehead atoms. The molecule has 1 fully saturated rings. The first-order valence-electron chi connectivity index (χ1n) is 5.25. The van der Waals surface area contributed by atoms with E-state index in [1.807, 2.05) is 0 Å². The molecule has 88 valence electrons. The maximum absolute atomic E-state index is 12.5. The van der Waals surface area contributed by atoms with Gasteiger partial charge in [0.15, 0.2) is 5.82 Å². The molecule has 0 amide bonds. The lowest BCUT2D eigenvalue weighted by atomic mass is 10.3. The van der Waals surface area contributed by atoms with E-state index in [1.54, 1.807) is 0 Å². The summed E-state index contributed by atoms with van der Waals surface area (Å²) in [5.74, 6) is -0.00238. The summed E-state index contributed by atoms with van der Waals surface area (Å²) in [6.07, 6.45) is 2.42. The normalized spacial score (nSPS) is 22.0. The van der Waals surface area contributed by atoms with Gasteiger partial charge < -0.3 is 15.0 Å². The highest BCUT2D eigenvalue weighted by molar-refractivity contribution is 5.22. The van der Waals surface area contributed by atoms with Gasteiger partial charge in [-0.05, 0) is 7.05 Å². The SMILES string of the molecule is CN1CCO[C@@H](CNc2ncc(F)cn2)C1. The van der Waals surface area contributed by atoms with Crippen molar-refractivity contribution in [2.45, 2.75) is 6.10 Å². The second-order valence-corrected chi connectivity index (χ2v) is 3.86. The van der Waals surface area contributed by atoms with Crippen LogP contribution in [0.2, 0.25) is 0 Å². The molecule has 0 aromatic carbocycles. The Morgan fingerprint density at radius 1 is 1.56 bits per heavy atom. The molecule has 1 aliphatic heterocycles. The molecule has 0 unspecified atom stereocenters. The number of nitrogens with one attached hydrogen (secondary N) is 1. The van der Waals surface area contributed by atoms with Crippen molar-refractivity contribution < 1.29 is 9.13 Å². The molecule has 1 aromatic rings. The van der Waals surface area contributed by atoms with Crippen LogP contribution in [0.4, 0.5) is 10.3 Å². The predicted molar refractivity (Wildman–Crippen MR) is 57.7 cm³/mol. The van der Waals surface area contributed by atoms with Crippen LogP contribution < -0.4 is 5.32 Å². The Balaban J connectivity index is 1.80. The first-order valence-corrected chi connectivity index (χ1v) is 5.25. The van der Waals surface area contributed by atoms with Crippen LogP contribution in [0.3, 0.4) is 0 Å². The summed E-state index contributed by atoms with van der Waals surface area (Å²) in [4.78, 5) is 9.84. The number of anilines is 1. The smallest absolute Gasteiger partial charge is 0.222 e. The maximum Gasteiger partial charge on any atom is 0.222 e. The minimum Gasteiger partial charge on any atom is -0.374 e. The van der Waals surface area contributed by atoms with Crippen LogP contribution in [-0.4, -0.2) is 54.3 Å². The molecule has 6 heteroatoms. The van der Waals surface area contributed by atoms with Crippen molar-refractivity contribution in [3.05, 3.63) is 18.2 Å². The second-order valence-electron chi connectivity index (χ2n) is 3.86. The van der Waals surface area contributed by atoms with Crippen molar-refractivity contribution in [2.24, 2.45) is 0 Å². The van der Waals surface area contributed by atoms with Crippen LogP contribution in [0, 0.1) is 5.82 Å². The van der Waals surface area contributed by atoms with Gasteiger partial charge in [-0.3, -0.25) is 0 Å². The molecule has 1 atom stereocenters. The molecule has 1 aliphatic rings. The first-order chi connectivity index (χ1) is 7.74. The molecule has 2 heterocycles. The molecule has 1 aromatic heterocycles. The Bertz CT molecular complexity index is 332. The largest absolute Gasteiger partial charge is 0.374 e. The predicted octanol–water partition coefficient (Wildman–Crippen LogP) is 0.358. The lowest BCUT2D eigenvalue weighted by Gasteiger charge is -2.30. The Labute approximate surface area is 93.6 Å². The van der Waals surface area contributed by atoms with Crippen molar-refractivity contribution in [1.29, 1.82) is 0 Å². The van der Waals surface area contributed by atoms with Crippen LogP contribution in [0.5, 0.6) is 0 Å². The van der Waals surface area contributed by atoms with E-state index in [0.717, 1.165) is 32.1 Å². The minimum absolute atomic E-state index is 0.132. The van der Waals surface area contributed by atoms with Gasteiger partial charge in [-0.15, -0.1) is 0 Å². The fourth-order valence-electron chi connectivity index (χ4n) is 1.60. The second kappa shape index (κ2) is 5.18. The van der Waals surface area contributed by atoms with Crippen molar-refractivity contribution in [2.75, 3.05) is 38.6 Å². The van der Waals surface area contributed by atoms with Crippen molar-refractivity contribution in [1.82, 2.24) is 14.9 Å². The van der Waals surface area contributed by atoms with Crippen LogP contribution in [-0.2, 0) is 4.74 Å². The molecular formula is C10H15FN4O. The van der Waals surface area contributed by atoms with E-state index in [-0.39, 0.29) is 6.10 Å². The zero-order chi connectivity index (χ0) is 11.4. The Morgan fingerprint density at radius 3 is 3.00 bits per heavy atom. The molecule has 16 heavy (non-hydrogen) atoms. The topological polar surface area (TPSA) is 50.3 Å². The fraction of sp³-hybridized carbons (Fsp3) is 0.600. The van der Waals surface area contributed by atoms with Gasteiger partial charge in [0, 0.05) is 19.6 Å². The fourth-order valence-corrected chi connectivity index (χ4v) is 1.60. The number of rotatable bonds is 3. The number of ether oxygens (including phenoxy) is 1. The zero-order valence-electron chi connectivity index (χ0n) is 9.19. The highest BCUT2D eigenvalue weighted by Gasteiger charge is 2.17. The molecular weight excluding hydrogens is 211 g/mol. The van der Waals surface area contributed by atoms with E-state index in [4.69, 9.17) is 4.74 Å². The Hall–Kier alpha value is -1.27. The molecule has 5 nitrogen and oxygen atoms in total. The average molecular weight is 226 g/mol. The van der Waals surface area contributed by atoms with Crippen LogP contribution >= 0.6 is 0 Å². The summed E-state index contributed by atoms with van der Waals surface area (Å²) < 4.78 is 18.1. The highest BCUT2D eigenvalue weighted by Crippen LogP contribution is 2.04. The Kier molecular flexibility index (Phi) is 3.63. The number of likely N-dealkylation sites (N-methyl/N-ethyl adjacent to an activating group) is 1. The minimum atomic E-state index is -0.431. The molecule has 0 aliphatic carbocycles. The molecule has 1 saturated heterocycles.